The highest BCUT2D eigenvalue weighted by Gasteiger charge is 2.20. The Morgan fingerprint density at radius 2 is 2.00 bits per heavy atom. The van der Waals surface area contributed by atoms with Gasteiger partial charge in [0.1, 0.15) is 6.10 Å². The smallest absolute Gasteiger partial charge is 0.164 e. The number of rotatable bonds is 2. The van der Waals surface area contributed by atoms with Gasteiger partial charge in [0, 0.05) is 10.0 Å². The molecule has 0 saturated heterocycles. The Bertz CT molecular complexity index is 512. The normalized spacial score (nSPS) is 12.8. The van der Waals surface area contributed by atoms with E-state index >= 15 is 0 Å². The molecule has 1 heterocycles. The van der Waals surface area contributed by atoms with Gasteiger partial charge in [0.15, 0.2) is 11.6 Å². The number of hydrogen-bond acceptors (Lipinski definition) is 2. The predicted octanol–water partition coefficient (Wildman–Crippen LogP) is 3.87. The van der Waals surface area contributed by atoms with Crippen molar-refractivity contribution in [2.45, 2.75) is 6.10 Å². The number of hydrogen-bond donors (Lipinski definition) is 1. The van der Waals surface area contributed by atoms with Crippen molar-refractivity contribution < 1.29 is 13.9 Å². The van der Waals surface area contributed by atoms with E-state index in [0.29, 0.717) is 9.35 Å². The molecule has 0 bridgehead atoms. The Balaban J connectivity index is 2.46. The van der Waals surface area contributed by atoms with E-state index < -0.39 is 17.7 Å². The third kappa shape index (κ3) is 2.03. The lowest BCUT2D eigenvalue weighted by Gasteiger charge is -2.11. The topological polar surface area (TPSA) is 20.2 Å². The molecule has 16 heavy (non-hydrogen) atoms. The highest BCUT2D eigenvalue weighted by Crippen LogP contribution is 2.34. The molecular weight excluding hydrogens is 298 g/mol. The highest BCUT2D eigenvalue weighted by molar-refractivity contribution is 9.10. The molecule has 1 atom stereocenters. The molecule has 0 aliphatic rings. The van der Waals surface area contributed by atoms with Crippen LogP contribution in [0.4, 0.5) is 8.78 Å². The predicted molar refractivity (Wildman–Crippen MR) is 62.4 cm³/mol. The van der Waals surface area contributed by atoms with Crippen LogP contribution in [0, 0.1) is 11.6 Å². The summed E-state index contributed by atoms with van der Waals surface area (Å²) >= 11 is 4.52. The first-order chi connectivity index (χ1) is 7.61. The third-order valence-corrected chi connectivity index (χ3v) is 4.09. The maximum absolute atomic E-state index is 13.4. The molecule has 0 spiro atoms. The summed E-state index contributed by atoms with van der Waals surface area (Å²) in [5.41, 5.74) is -0.0526. The first-order valence-electron chi connectivity index (χ1n) is 4.46. The van der Waals surface area contributed by atoms with Crippen LogP contribution in [-0.4, -0.2) is 5.11 Å². The molecule has 2 aromatic rings. The molecule has 84 valence electrons. The number of thiophene rings is 1. The molecule has 1 nitrogen and oxygen atoms in total. The Labute approximate surface area is 103 Å². The zero-order valence-electron chi connectivity index (χ0n) is 7.95. The SMILES string of the molecule is OC(c1cccc(F)c1F)c1sccc1Br. The summed E-state index contributed by atoms with van der Waals surface area (Å²) in [7, 11) is 0. The second kappa shape index (κ2) is 4.61. The molecule has 2 rings (SSSR count). The minimum absolute atomic E-state index is 0.0526. The number of aliphatic hydroxyl groups is 1. The van der Waals surface area contributed by atoms with Crippen LogP contribution in [-0.2, 0) is 0 Å². The van der Waals surface area contributed by atoms with Crippen molar-refractivity contribution in [1.82, 2.24) is 0 Å². The molecule has 0 aliphatic carbocycles. The maximum atomic E-state index is 13.4. The summed E-state index contributed by atoms with van der Waals surface area (Å²) in [6, 6.07) is 5.52. The summed E-state index contributed by atoms with van der Waals surface area (Å²) in [5, 5.41) is 11.7. The quantitative estimate of drug-likeness (QED) is 0.893. The van der Waals surface area contributed by atoms with Gasteiger partial charge in [0.05, 0.1) is 4.88 Å². The highest BCUT2D eigenvalue weighted by atomic mass is 79.9. The minimum atomic E-state index is -1.15. The van der Waals surface area contributed by atoms with Crippen LogP contribution in [0.15, 0.2) is 34.1 Å². The summed E-state index contributed by atoms with van der Waals surface area (Å²) in [6.07, 6.45) is -1.15. The van der Waals surface area contributed by atoms with E-state index in [1.165, 1.54) is 23.5 Å². The minimum Gasteiger partial charge on any atom is -0.383 e. The maximum Gasteiger partial charge on any atom is 0.164 e. The molecule has 1 N–H and O–H groups in total. The van der Waals surface area contributed by atoms with Gasteiger partial charge in [-0.1, -0.05) is 12.1 Å². The first kappa shape index (κ1) is 11.7. The van der Waals surface area contributed by atoms with Gasteiger partial charge in [-0.05, 0) is 33.4 Å². The lowest BCUT2D eigenvalue weighted by molar-refractivity contribution is 0.216. The zero-order chi connectivity index (χ0) is 11.7. The average molecular weight is 305 g/mol. The molecule has 1 aromatic carbocycles. The van der Waals surface area contributed by atoms with Crippen molar-refractivity contribution in [3.63, 3.8) is 0 Å². The molecular formula is C11H7BrF2OS. The molecule has 0 fully saturated rings. The van der Waals surface area contributed by atoms with Gasteiger partial charge < -0.3 is 5.11 Å². The van der Waals surface area contributed by atoms with Gasteiger partial charge >= 0.3 is 0 Å². The Kier molecular flexibility index (Phi) is 3.37. The van der Waals surface area contributed by atoms with Crippen LogP contribution in [0.5, 0.6) is 0 Å². The van der Waals surface area contributed by atoms with Crippen molar-refractivity contribution >= 4 is 27.3 Å². The summed E-state index contributed by atoms with van der Waals surface area (Å²) in [5.74, 6) is -1.96. The Hall–Kier alpha value is -0.780. The Morgan fingerprint density at radius 3 is 2.62 bits per heavy atom. The molecule has 0 amide bonds. The van der Waals surface area contributed by atoms with Crippen molar-refractivity contribution in [3.8, 4) is 0 Å². The molecule has 1 aromatic heterocycles. The molecule has 5 heteroatoms. The fourth-order valence-corrected chi connectivity index (χ4v) is 2.97. The van der Waals surface area contributed by atoms with Gasteiger partial charge in [0.25, 0.3) is 0 Å². The second-order valence-corrected chi connectivity index (χ2v) is 4.98. The monoisotopic (exact) mass is 304 g/mol. The largest absolute Gasteiger partial charge is 0.383 e. The van der Waals surface area contributed by atoms with Gasteiger partial charge in [-0.25, -0.2) is 8.78 Å². The number of benzene rings is 1. The summed E-state index contributed by atoms with van der Waals surface area (Å²) < 4.78 is 27.1. The lowest BCUT2D eigenvalue weighted by atomic mass is 10.1. The van der Waals surface area contributed by atoms with Gasteiger partial charge in [-0.3, -0.25) is 0 Å². The number of aliphatic hydroxyl groups excluding tert-OH is 1. The molecule has 0 radical (unpaired) electrons. The van der Waals surface area contributed by atoms with Crippen molar-refractivity contribution in [2.75, 3.05) is 0 Å². The third-order valence-electron chi connectivity index (χ3n) is 2.17. The van der Waals surface area contributed by atoms with Crippen LogP contribution in [0.2, 0.25) is 0 Å². The molecule has 1 unspecified atom stereocenters. The first-order valence-corrected chi connectivity index (χ1v) is 6.13. The van der Waals surface area contributed by atoms with Crippen LogP contribution < -0.4 is 0 Å². The van der Waals surface area contributed by atoms with Crippen LogP contribution in [0.25, 0.3) is 0 Å². The standard InChI is InChI=1S/C11H7BrF2OS/c12-7-4-5-16-11(7)10(15)6-2-1-3-8(13)9(6)14/h1-5,10,15H. The fourth-order valence-electron chi connectivity index (χ4n) is 1.37. The van der Waals surface area contributed by atoms with E-state index in [2.05, 4.69) is 15.9 Å². The van der Waals surface area contributed by atoms with E-state index in [9.17, 15) is 13.9 Å². The zero-order valence-corrected chi connectivity index (χ0v) is 10.4. The molecule has 0 saturated carbocycles. The van der Waals surface area contributed by atoms with Gasteiger partial charge in [0.2, 0.25) is 0 Å². The molecule has 0 aliphatic heterocycles. The van der Waals surface area contributed by atoms with E-state index in [1.807, 2.05) is 0 Å². The van der Waals surface area contributed by atoms with Gasteiger partial charge in [-0.15, -0.1) is 11.3 Å². The van der Waals surface area contributed by atoms with E-state index in [1.54, 1.807) is 11.4 Å². The second-order valence-electron chi connectivity index (χ2n) is 3.18. The van der Waals surface area contributed by atoms with Crippen molar-refractivity contribution in [1.29, 1.82) is 0 Å². The van der Waals surface area contributed by atoms with Crippen molar-refractivity contribution in [2.24, 2.45) is 0 Å². The van der Waals surface area contributed by atoms with E-state index in [-0.39, 0.29) is 5.56 Å². The van der Waals surface area contributed by atoms with Gasteiger partial charge in [-0.2, -0.15) is 0 Å². The summed E-state index contributed by atoms with van der Waals surface area (Å²) in [6.45, 7) is 0. The van der Waals surface area contributed by atoms with Crippen LogP contribution >= 0.6 is 27.3 Å². The van der Waals surface area contributed by atoms with Crippen LogP contribution in [0.3, 0.4) is 0 Å². The van der Waals surface area contributed by atoms with E-state index in [4.69, 9.17) is 0 Å². The van der Waals surface area contributed by atoms with E-state index in [0.717, 1.165) is 6.07 Å². The summed E-state index contributed by atoms with van der Waals surface area (Å²) in [4.78, 5) is 0.560. The lowest BCUT2D eigenvalue weighted by Crippen LogP contribution is -2.02. The van der Waals surface area contributed by atoms with Crippen LogP contribution in [0.1, 0.15) is 16.5 Å². The Morgan fingerprint density at radius 1 is 1.25 bits per heavy atom. The average Bonchev–Trinajstić information content (AvgIpc) is 2.68. The van der Waals surface area contributed by atoms with Crippen molar-refractivity contribution in [3.05, 3.63) is 56.2 Å². The number of halogens is 3. The fraction of sp³-hybridized carbons (Fsp3) is 0.0909.